The van der Waals surface area contributed by atoms with Gasteiger partial charge in [-0.05, 0) is 30.7 Å². The lowest BCUT2D eigenvalue weighted by atomic mass is 10.1. The zero-order chi connectivity index (χ0) is 10.7. The summed E-state index contributed by atoms with van der Waals surface area (Å²) >= 11 is 0. The van der Waals surface area contributed by atoms with E-state index in [4.69, 9.17) is 13.7 Å². The summed E-state index contributed by atoms with van der Waals surface area (Å²) in [5.41, 5.74) is 7.13. The van der Waals surface area contributed by atoms with Gasteiger partial charge < -0.3 is 10.5 Å². The molecule has 1 rings (SSSR count). The highest BCUT2D eigenvalue weighted by Gasteiger charge is 2.12. The van der Waals surface area contributed by atoms with Gasteiger partial charge in [0.1, 0.15) is 0 Å². The lowest BCUT2D eigenvalue weighted by Gasteiger charge is -2.11. The number of carbonyl (C=O) groups excluding carboxylic acids is 2. The third kappa shape index (κ3) is 1.93. The highest BCUT2D eigenvalue weighted by Crippen LogP contribution is 2.13. The van der Waals surface area contributed by atoms with Crippen molar-refractivity contribution in [2.24, 2.45) is 0 Å². The van der Waals surface area contributed by atoms with Gasteiger partial charge in [0.05, 0.1) is 0 Å². The first-order valence-electron chi connectivity index (χ1n) is 3.96. The van der Waals surface area contributed by atoms with E-state index >= 15 is 0 Å². The van der Waals surface area contributed by atoms with Gasteiger partial charge >= 0.3 is 0 Å². The molecule has 0 heterocycles. The highest BCUT2D eigenvalue weighted by molar-refractivity contribution is 6.24. The second-order valence-corrected chi connectivity index (χ2v) is 2.89. The fourth-order valence-electron chi connectivity index (χ4n) is 1.11. The summed E-state index contributed by atoms with van der Waals surface area (Å²) in [7, 11) is 5.14. The molecule has 4 nitrogen and oxygen atoms in total. The lowest BCUT2D eigenvalue weighted by molar-refractivity contribution is -0.112. The maximum atomic E-state index is 11.4. The molecule has 0 saturated heterocycles. The zero-order valence-corrected chi connectivity index (χ0v) is 7.73. The van der Waals surface area contributed by atoms with E-state index in [1.165, 1.54) is 6.07 Å². The third-order valence-corrected chi connectivity index (χ3v) is 1.83. The van der Waals surface area contributed by atoms with Crippen LogP contribution < -0.4 is 5.73 Å². The van der Waals surface area contributed by atoms with Crippen LogP contribution in [0, 0.1) is 6.92 Å². The summed E-state index contributed by atoms with van der Waals surface area (Å²) in [5, 5.41) is 0. The third-order valence-electron chi connectivity index (χ3n) is 1.83. The van der Waals surface area contributed by atoms with Crippen LogP contribution in [0.1, 0.15) is 15.9 Å². The minimum Gasteiger partial charge on any atom is -0.399 e. The fraction of sp³-hybridized carbons (Fsp3) is 0.111. The molecule has 0 bridgehead atoms. The van der Waals surface area contributed by atoms with Crippen molar-refractivity contribution in [2.45, 2.75) is 6.92 Å². The van der Waals surface area contributed by atoms with Crippen molar-refractivity contribution in [3.8, 4) is 0 Å². The van der Waals surface area contributed by atoms with Crippen molar-refractivity contribution in [1.82, 2.24) is 4.81 Å². The molecule has 0 aliphatic carbocycles. The number of nitrogens with zero attached hydrogens (tertiary/aromatic N) is 1. The highest BCUT2D eigenvalue weighted by atomic mass is 16.2. The molecule has 0 saturated carbocycles. The van der Waals surface area contributed by atoms with Crippen LogP contribution in [-0.4, -0.2) is 25.1 Å². The van der Waals surface area contributed by atoms with Gasteiger partial charge in [-0.3, -0.25) is 9.59 Å². The van der Waals surface area contributed by atoms with E-state index in [9.17, 15) is 9.59 Å². The van der Waals surface area contributed by atoms with Gasteiger partial charge in [0.25, 0.3) is 0 Å². The Morgan fingerprint density at radius 3 is 2.71 bits per heavy atom. The van der Waals surface area contributed by atoms with Crippen LogP contribution >= 0.6 is 0 Å². The molecule has 5 heteroatoms. The first-order valence-corrected chi connectivity index (χ1v) is 3.96. The number of aryl methyl sites for hydroxylation is 1. The van der Waals surface area contributed by atoms with Crippen molar-refractivity contribution >= 4 is 26.0 Å². The molecule has 0 aliphatic heterocycles. The topological polar surface area (TPSA) is 63.4 Å². The molecule has 1 aromatic rings. The van der Waals surface area contributed by atoms with E-state index in [1.807, 2.05) is 0 Å². The second kappa shape index (κ2) is 3.96. The average molecular weight is 188 g/mol. The average Bonchev–Trinajstić information content (AvgIpc) is 2.15. The van der Waals surface area contributed by atoms with E-state index < -0.39 is 5.91 Å². The van der Waals surface area contributed by atoms with Crippen LogP contribution in [-0.2, 0) is 4.79 Å². The molecule has 0 aliphatic rings. The number of amides is 2. The van der Waals surface area contributed by atoms with E-state index in [0.717, 1.165) is 0 Å². The van der Waals surface area contributed by atoms with E-state index in [-0.39, 0.29) is 6.41 Å². The first-order chi connectivity index (χ1) is 6.56. The summed E-state index contributed by atoms with van der Waals surface area (Å²) < 4.78 is 0. The number of anilines is 1. The molecule has 70 valence electrons. The van der Waals surface area contributed by atoms with Crippen molar-refractivity contribution < 1.29 is 9.59 Å². The Balaban J connectivity index is 3.07. The van der Waals surface area contributed by atoms with Gasteiger partial charge in [0.2, 0.25) is 20.3 Å². The summed E-state index contributed by atoms with van der Waals surface area (Å²) in [4.78, 5) is 22.2. The molecule has 0 fully saturated rings. The van der Waals surface area contributed by atoms with Gasteiger partial charge in [-0.1, -0.05) is 0 Å². The molecule has 2 amide bonds. The molecule has 1 aromatic carbocycles. The summed E-state index contributed by atoms with van der Waals surface area (Å²) in [6, 6.07) is 4.76. The molecular weight excluding hydrogens is 179 g/mol. The lowest BCUT2D eigenvalue weighted by Crippen LogP contribution is -2.27. The Kier molecular flexibility index (Phi) is 2.91. The second-order valence-electron chi connectivity index (χ2n) is 2.89. The number of nitrogen functional groups attached to an aromatic ring is 1. The Morgan fingerprint density at radius 2 is 2.21 bits per heavy atom. The van der Waals surface area contributed by atoms with Crippen LogP contribution in [0.25, 0.3) is 0 Å². The quantitative estimate of drug-likeness (QED) is 0.411. The molecule has 2 N–H and O–H groups in total. The van der Waals surface area contributed by atoms with Crippen LogP contribution in [0.3, 0.4) is 0 Å². The van der Waals surface area contributed by atoms with Crippen LogP contribution in [0.4, 0.5) is 5.69 Å². The Labute approximate surface area is 83.1 Å². The Hall–Kier alpha value is -1.78. The van der Waals surface area contributed by atoms with Crippen molar-refractivity contribution in [3.05, 3.63) is 29.3 Å². The summed E-state index contributed by atoms with van der Waals surface area (Å²) in [5.74, 6) is -0.544. The summed E-state index contributed by atoms with van der Waals surface area (Å²) in [6.07, 6.45) is 0.262. The van der Waals surface area contributed by atoms with E-state index in [1.54, 1.807) is 19.1 Å². The summed E-state index contributed by atoms with van der Waals surface area (Å²) in [6.45, 7) is 1.72. The predicted octanol–water partition coefficient (Wildman–Crippen LogP) is 0.259. The number of imide groups is 1. The monoisotopic (exact) mass is 188 g/mol. The smallest absolute Gasteiger partial charge is 0.247 e. The van der Waals surface area contributed by atoms with Crippen molar-refractivity contribution in [2.75, 3.05) is 5.73 Å². The van der Waals surface area contributed by atoms with Crippen LogP contribution in [0.15, 0.2) is 18.2 Å². The Morgan fingerprint density at radius 1 is 1.57 bits per heavy atom. The van der Waals surface area contributed by atoms with Gasteiger partial charge in [-0.15, -0.1) is 0 Å². The minimum atomic E-state index is -0.544. The Bertz CT molecular complexity index is 379. The fourth-order valence-corrected chi connectivity index (χ4v) is 1.11. The molecule has 2 radical (unpaired) electrons. The number of nitrogens with two attached hydrogens (primary N) is 1. The number of benzene rings is 1. The maximum Gasteiger partial charge on any atom is 0.247 e. The number of hydrogen-bond donors (Lipinski definition) is 1. The number of hydrogen-bond acceptors (Lipinski definition) is 3. The molecule has 0 spiro atoms. The number of rotatable bonds is 2. The normalized spacial score (nSPS) is 9.50. The van der Waals surface area contributed by atoms with Crippen molar-refractivity contribution in [1.29, 1.82) is 0 Å². The zero-order valence-electron chi connectivity index (χ0n) is 7.73. The van der Waals surface area contributed by atoms with Gasteiger partial charge in [0, 0.05) is 11.3 Å². The number of carbonyl (C=O) groups is 2. The maximum absolute atomic E-state index is 11.4. The predicted molar refractivity (Wildman–Crippen MR) is 53.6 cm³/mol. The molecule has 0 atom stereocenters. The largest absolute Gasteiger partial charge is 0.399 e. The molecule has 14 heavy (non-hydrogen) atoms. The van der Waals surface area contributed by atoms with Crippen molar-refractivity contribution in [3.63, 3.8) is 0 Å². The van der Waals surface area contributed by atoms with Crippen LogP contribution in [0.2, 0.25) is 0 Å². The van der Waals surface area contributed by atoms with Gasteiger partial charge in [-0.2, -0.15) is 0 Å². The van der Waals surface area contributed by atoms with E-state index in [2.05, 4.69) is 0 Å². The first kappa shape index (κ1) is 10.3. The van der Waals surface area contributed by atoms with Gasteiger partial charge in [0.15, 0.2) is 0 Å². The molecule has 0 unspecified atom stereocenters. The molecule has 0 aromatic heterocycles. The standard InChI is InChI=1S/C9H9BN2O2/c1-6-4-7(11)2-3-8(6)9(14)12(10)5-13/h2-5H,11H2,1H3. The SMILES string of the molecule is [B]N(C=O)C(=O)c1ccc(N)cc1C. The van der Waals surface area contributed by atoms with Crippen LogP contribution in [0.5, 0.6) is 0 Å². The molecular formula is C9H9BN2O2. The minimum absolute atomic E-state index is 0.262. The van der Waals surface area contributed by atoms with E-state index in [0.29, 0.717) is 21.6 Å². The van der Waals surface area contributed by atoms with Gasteiger partial charge in [-0.25, -0.2) is 0 Å².